The fourth-order valence-electron chi connectivity index (χ4n) is 3.02. The van der Waals surface area contributed by atoms with Gasteiger partial charge in [-0.25, -0.2) is 13.8 Å². The van der Waals surface area contributed by atoms with Gasteiger partial charge in [0.1, 0.15) is 11.6 Å². The Morgan fingerprint density at radius 2 is 2.03 bits per heavy atom. The number of thiophene rings is 1. The van der Waals surface area contributed by atoms with Crippen molar-refractivity contribution < 1.29 is 14.1 Å². The van der Waals surface area contributed by atoms with Crippen molar-refractivity contribution in [3.63, 3.8) is 0 Å². The van der Waals surface area contributed by atoms with Crippen LogP contribution in [0, 0.1) is 15.9 Å². The van der Waals surface area contributed by atoms with Crippen molar-refractivity contribution in [2.75, 3.05) is 5.32 Å². The maximum atomic E-state index is 13.8. The van der Waals surface area contributed by atoms with Crippen molar-refractivity contribution in [1.82, 2.24) is 29.5 Å². The van der Waals surface area contributed by atoms with Gasteiger partial charge in [-0.2, -0.15) is 20.2 Å². The van der Waals surface area contributed by atoms with Crippen molar-refractivity contribution in [3.8, 4) is 11.6 Å². The van der Waals surface area contributed by atoms with Crippen LogP contribution in [0.2, 0.25) is 5.02 Å². The number of nitro groups is 1. The Bertz CT molecular complexity index is 1550. The van der Waals surface area contributed by atoms with Crippen molar-refractivity contribution in [1.29, 1.82) is 0 Å². The average molecular weight is 485 g/mol. The Labute approximate surface area is 192 Å². The van der Waals surface area contributed by atoms with Crippen LogP contribution in [0.15, 0.2) is 55.0 Å². The lowest BCUT2D eigenvalue weighted by Gasteiger charge is -2.08. The second kappa shape index (κ2) is 8.03. The molecule has 5 aromatic rings. The van der Waals surface area contributed by atoms with Crippen LogP contribution in [0.5, 0.6) is 0 Å². The number of carbonyl (C=O) groups is 1. The summed E-state index contributed by atoms with van der Waals surface area (Å²) in [5.74, 6) is -0.904. The Hall–Kier alpha value is -4.23. The summed E-state index contributed by atoms with van der Waals surface area (Å²) < 4.78 is 16.5. The summed E-state index contributed by atoms with van der Waals surface area (Å²) in [5, 5.41) is 22.5. The van der Waals surface area contributed by atoms with Gasteiger partial charge in [0.25, 0.3) is 11.9 Å². The predicted octanol–water partition coefficient (Wildman–Crippen LogP) is 4.02. The molecule has 14 heteroatoms. The summed E-state index contributed by atoms with van der Waals surface area (Å²) in [6.07, 6.45) is 4.29. The molecule has 4 aromatic heterocycles. The molecule has 0 radical (unpaired) electrons. The number of hydrogen-bond acceptors (Lipinski definition) is 8. The van der Waals surface area contributed by atoms with Crippen molar-refractivity contribution in [2.24, 2.45) is 0 Å². The van der Waals surface area contributed by atoms with Crippen molar-refractivity contribution >= 4 is 50.7 Å². The van der Waals surface area contributed by atoms with E-state index in [0.29, 0.717) is 16.1 Å². The van der Waals surface area contributed by atoms with Gasteiger partial charge in [-0.1, -0.05) is 29.0 Å². The maximum absolute atomic E-state index is 13.8. The molecule has 0 atom stereocenters. The molecule has 33 heavy (non-hydrogen) atoms. The SMILES string of the molecule is O=C(Nc1nc(-n2cc(Cl)cn2)nc2c1cnn2-c1cccc(F)c1)c1ccc([N+](=O)[O-])s1. The molecule has 164 valence electrons. The second-order valence-corrected chi connectivity index (χ2v) is 8.10. The standard InChI is InChI=1S/C19H10ClFN8O3S/c20-10-7-22-27(9-10)19-25-16(24-18(30)14-4-5-15(33-14)29(31)32)13-8-23-28(17(13)26-19)12-3-1-2-11(21)6-12/h1-9H,(H,24,25,26,30). The third kappa shape index (κ3) is 3.90. The molecule has 0 aliphatic carbocycles. The van der Waals surface area contributed by atoms with Crippen LogP contribution in [0.3, 0.4) is 0 Å². The van der Waals surface area contributed by atoms with Gasteiger partial charge >= 0.3 is 5.00 Å². The number of amides is 1. The molecule has 0 fully saturated rings. The number of nitrogens with zero attached hydrogens (tertiary/aromatic N) is 7. The van der Waals surface area contributed by atoms with Crippen LogP contribution < -0.4 is 5.32 Å². The van der Waals surface area contributed by atoms with Crippen LogP contribution in [-0.2, 0) is 0 Å². The van der Waals surface area contributed by atoms with E-state index in [1.54, 1.807) is 6.07 Å². The van der Waals surface area contributed by atoms with Crippen LogP contribution in [0.1, 0.15) is 9.67 Å². The molecule has 4 heterocycles. The highest BCUT2D eigenvalue weighted by Crippen LogP contribution is 2.28. The summed E-state index contributed by atoms with van der Waals surface area (Å²) in [4.78, 5) is 32.1. The quantitative estimate of drug-likeness (QED) is 0.294. The number of fused-ring (bicyclic) bond motifs is 1. The van der Waals surface area contributed by atoms with Gasteiger partial charge in [0.15, 0.2) is 5.65 Å². The van der Waals surface area contributed by atoms with E-state index in [2.05, 4.69) is 25.5 Å². The Kier molecular flexibility index (Phi) is 5.03. The Morgan fingerprint density at radius 3 is 2.73 bits per heavy atom. The van der Waals surface area contributed by atoms with Gasteiger partial charge in [0, 0.05) is 6.07 Å². The third-order valence-corrected chi connectivity index (χ3v) is 5.68. The van der Waals surface area contributed by atoms with Gasteiger partial charge < -0.3 is 5.32 Å². The first-order chi connectivity index (χ1) is 15.9. The number of carbonyl (C=O) groups excluding carboxylic acids is 1. The molecule has 1 amide bonds. The fraction of sp³-hybridized carbons (Fsp3) is 0. The summed E-state index contributed by atoms with van der Waals surface area (Å²) in [5.41, 5.74) is 0.670. The van der Waals surface area contributed by atoms with Gasteiger partial charge in [0.2, 0.25) is 0 Å². The van der Waals surface area contributed by atoms with E-state index in [1.165, 1.54) is 58.3 Å². The van der Waals surface area contributed by atoms with Crippen LogP contribution in [0.4, 0.5) is 15.2 Å². The molecule has 0 saturated heterocycles. The monoisotopic (exact) mass is 484 g/mol. The van der Waals surface area contributed by atoms with Crippen molar-refractivity contribution in [3.05, 3.63) is 80.8 Å². The highest BCUT2D eigenvalue weighted by atomic mass is 35.5. The zero-order valence-electron chi connectivity index (χ0n) is 16.2. The number of rotatable bonds is 5. The Balaban J connectivity index is 1.63. The largest absolute Gasteiger partial charge is 0.324 e. The number of nitrogens with one attached hydrogen (secondary N) is 1. The fourth-order valence-corrected chi connectivity index (χ4v) is 3.87. The van der Waals surface area contributed by atoms with Crippen molar-refractivity contribution in [2.45, 2.75) is 0 Å². The molecule has 0 unspecified atom stereocenters. The molecule has 1 N–H and O–H groups in total. The van der Waals surface area contributed by atoms with Gasteiger partial charge in [0.05, 0.1) is 44.5 Å². The van der Waals surface area contributed by atoms with E-state index in [9.17, 15) is 19.3 Å². The molecule has 0 saturated carbocycles. The number of anilines is 1. The molecule has 1 aromatic carbocycles. The smallest absolute Gasteiger partial charge is 0.305 e. The molecule has 11 nitrogen and oxygen atoms in total. The molecule has 5 rings (SSSR count). The maximum Gasteiger partial charge on any atom is 0.324 e. The van der Waals surface area contributed by atoms with Crippen LogP contribution in [0.25, 0.3) is 22.7 Å². The van der Waals surface area contributed by atoms with E-state index in [0.717, 1.165) is 11.3 Å². The lowest BCUT2D eigenvalue weighted by atomic mass is 10.3. The number of aromatic nitrogens is 6. The first kappa shape index (κ1) is 20.7. The minimum atomic E-state index is -0.601. The Morgan fingerprint density at radius 1 is 1.18 bits per heavy atom. The highest BCUT2D eigenvalue weighted by molar-refractivity contribution is 7.17. The molecule has 0 bridgehead atoms. The van der Waals surface area contributed by atoms with Gasteiger partial charge in [-0.15, -0.1) is 0 Å². The number of hydrogen-bond donors (Lipinski definition) is 1. The lowest BCUT2D eigenvalue weighted by molar-refractivity contribution is -0.380. The third-order valence-electron chi connectivity index (χ3n) is 4.45. The minimum Gasteiger partial charge on any atom is -0.305 e. The second-order valence-electron chi connectivity index (χ2n) is 6.60. The lowest BCUT2D eigenvalue weighted by Crippen LogP contribution is -2.14. The number of halogens is 2. The topological polar surface area (TPSA) is 134 Å². The molecular formula is C19H10ClFN8O3S. The summed E-state index contributed by atoms with van der Waals surface area (Å²) in [6, 6.07) is 8.34. The predicted molar refractivity (Wildman–Crippen MR) is 118 cm³/mol. The normalized spacial score (nSPS) is 11.1. The minimum absolute atomic E-state index is 0.0695. The highest BCUT2D eigenvalue weighted by Gasteiger charge is 2.20. The zero-order valence-corrected chi connectivity index (χ0v) is 17.8. The molecular weight excluding hydrogens is 475 g/mol. The molecule has 0 aliphatic heterocycles. The first-order valence-corrected chi connectivity index (χ1v) is 10.4. The van der Waals surface area contributed by atoms with E-state index >= 15 is 0 Å². The van der Waals surface area contributed by atoms with Crippen LogP contribution in [-0.4, -0.2) is 40.4 Å². The zero-order chi connectivity index (χ0) is 23.1. The summed E-state index contributed by atoms with van der Waals surface area (Å²) >= 11 is 6.69. The van der Waals surface area contributed by atoms with E-state index in [4.69, 9.17) is 11.6 Å². The summed E-state index contributed by atoms with van der Waals surface area (Å²) in [6.45, 7) is 0. The average Bonchev–Trinajstić information content (AvgIpc) is 3.53. The first-order valence-electron chi connectivity index (χ1n) is 9.17. The van der Waals surface area contributed by atoms with E-state index in [1.807, 2.05) is 0 Å². The van der Waals surface area contributed by atoms with Gasteiger partial charge in [-0.3, -0.25) is 14.9 Å². The molecule has 0 aliphatic rings. The van der Waals surface area contributed by atoms with E-state index < -0.39 is 16.6 Å². The molecule has 0 spiro atoms. The van der Waals surface area contributed by atoms with Crippen LogP contribution >= 0.6 is 22.9 Å². The summed E-state index contributed by atoms with van der Waals surface area (Å²) in [7, 11) is 0. The number of benzene rings is 1. The van der Waals surface area contributed by atoms with Gasteiger partial charge in [-0.05, 0) is 24.3 Å². The van der Waals surface area contributed by atoms with E-state index in [-0.39, 0.29) is 27.3 Å².